The molecule has 2 N–H and O–H groups in total. The SMILES string of the molecule is CC1(C)COC(CCC=Cc2c(O)n(-c3ccc(Cl)cc3)c(=S)[nH]c2=O)OC1. The number of aromatic nitrogens is 2. The van der Waals surface area contributed by atoms with Gasteiger partial charge < -0.3 is 14.6 Å². The topological polar surface area (TPSA) is 76.5 Å². The maximum absolute atomic E-state index is 12.2. The molecule has 150 valence electrons. The molecule has 0 spiro atoms. The Bertz CT molecular complexity index is 969. The number of rotatable bonds is 5. The van der Waals surface area contributed by atoms with Gasteiger partial charge in [0.2, 0.25) is 5.88 Å². The van der Waals surface area contributed by atoms with E-state index < -0.39 is 5.56 Å². The van der Waals surface area contributed by atoms with Crippen LogP contribution in [-0.4, -0.2) is 34.2 Å². The molecule has 1 fully saturated rings. The molecule has 1 saturated heterocycles. The lowest BCUT2D eigenvalue weighted by molar-refractivity contribution is -0.223. The van der Waals surface area contributed by atoms with Crippen LogP contribution in [-0.2, 0) is 9.47 Å². The third kappa shape index (κ3) is 4.91. The minimum absolute atomic E-state index is 0.0344. The minimum atomic E-state index is -0.448. The van der Waals surface area contributed by atoms with Crippen LogP contribution in [0.4, 0.5) is 0 Å². The number of benzene rings is 1. The van der Waals surface area contributed by atoms with E-state index in [2.05, 4.69) is 18.8 Å². The third-order valence-corrected chi connectivity index (χ3v) is 4.92. The lowest BCUT2D eigenvalue weighted by atomic mass is 9.95. The standard InChI is InChI=1S/C20H23ClN2O4S/c1-20(2)11-26-16(27-12-20)6-4-3-5-15-17(24)22-19(28)23(18(15)25)14-9-7-13(21)8-10-14/h3,5,7-10,16,25H,4,6,11-12H2,1-2H3,(H,22,24,28). The van der Waals surface area contributed by atoms with Crippen molar-refractivity contribution < 1.29 is 14.6 Å². The largest absolute Gasteiger partial charge is 0.494 e. The van der Waals surface area contributed by atoms with Crippen LogP contribution in [0.2, 0.25) is 5.02 Å². The van der Waals surface area contributed by atoms with Crippen molar-refractivity contribution in [3.63, 3.8) is 0 Å². The maximum atomic E-state index is 12.2. The zero-order chi connectivity index (χ0) is 20.3. The molecule has 0 amide bonds. The number of hydrogen-bond acceptors (Lipinski definition) is 5. The first-order valence-electron chi connectivity index (χ1n) is 9.01. The van der Waals surface area contributed by atoms with Gasteiger partial charge in [-0.2, -0.15) is 0 Å². The van der Waals surface area contributed by atoms with E-state index >= 15 is 0 Å². The Kier molecular flexibility index (Phi) is 6.40. The highest BCUT2D eigenvalue weighted by Gasteiger charge is 2.27. The number of aromatic amines is 1. The fourth-order valence-electron chi connectivity index (χ4n) is 2.85. The van der Waals surface area contributed by atoms with Gasteiger partial charge in [-0.25, -0.2) is 0 Å². The second-order valence-corrected chi connectivity index (χ2v) is 8.33. The highest BCUT2D eigenvalue weighted by Crippen LogP contribution is 2.25. The summed E-state index contributed by atoms with van der Waals surface area (Å²) < 4.78 is 12.9. The molecule has 6 nitrogen and oxygen atoms in total. The summed E-state index contributed by atoms with van der Waals surface area (Å²) in [6.45, 7) is 5.50. The van der Waals surface area contributed by atoms with Crippen LogP contribution < -0.4 is 5.56 Å². The third-order valence-electron chi connectivity index (χ3n) is 4.38. The maximum Gasteiger partial charge on any atom is 0.262 e. The van der Waals surface area contributed by atoms with E-state index in [0.717, 1.165) is 0 Å². The molecular weight excluding hydrogens is 400 g/mol. The molecule has 0 saturated carbocycles. The van der Waals surface area contributed by atoms with Crippen LogP contribution in [0.25, 0.3) is 11.8 Å². The van der Waals surface area contributed by atoms with Gasteiger partial charge in [0.1, 0.15) is 0 Å². The number of halogens is 1. The second kappa shape index (κ2) is 8.61. The molecule has 0 aliphatic carbocycles. The number of hydrogen-bond donors (Lipinski definition) is 2. The van der Waals surface area contributed by atoms with Crippen LogP contribution in [0, 0.1) is 10.2 Å². The number of aromatic hydroxyl groups is 1. The molecule has 2 heterocycles. The highest BCUT2D eigenvalue weighted by atomic mass is 35.5. The van der Waals surface area contributed by atoms with Crippen LogP contribution in [0.3, 0.4) is 0 Å². The number of nitrogens with zero attached hydrogens (tertiary/aromatic N) is 1. The van der Waals surface area contributed by atoms with Gasteiger partial charge in [0.05, 0.1) is 24.5 Å². The average Bonchev–Trinajstić information content (AvgIpc) is 2.63. The molecular formula is C20H23ClN2O4S. The Morgan fingerprint density at radius 1 is 1.32 bits per heavy atom. The van der Waals surface area contributed by atoms with Gasteiger partial charge >= 0.3 is 0 Å². The van der Waals surface area contributed by atoms with Crippen LogP contribution in [0.1, 0.15) is 32.3 Å². The van der Waals surface area contributed by atoms with E-state index in [4.69, 9.17) is 33.3 Å². The van der Waals surface area contributed by atoms with Gasteiger partial charge in [-0.05, 0) is 49.0 Å². The minimum Gasteiger partial charge on any atom is -0.494 e. The molecule has 0 radical (unpaired) electrons. The van der Waals surface area contributed by atoms with Gasteiger partial charge in [-0.3, -0.25) is 14.3 Å². The lowest BCUT2D eigenvalue weighted by Crippen LogP contribution is -2.37. The number of allylic oxidation sites excluding steroid dienone is 1. The van der Waals surface area contributed by atoms with E-state index in [1.807, 2.05) is 6.08 Å². The number of nitrogens with one attached hydrogen (secondary N) is 1. The first-order chi connectivity index (χ1) is 13.3. The molecule has 8 heteroatoms. The van der Waals surface area contributed by atoms with Crippen molar-refractivity contribution in [1.82, 2.24) is 9.55 Å². The summed E-state index contributed by atoms with van der Waals surface area (Å²) >= 11 is 11.1. The van der Waals surface area contributed by atoms with Gasteiger partial charge in [0.25, 0.3) is 5.56 Å². The molecule has 0 atom stereocenters. The van der Waals surface area contributed by atoms with E-state index in [9.17, 15) is 9.90 Å². The molecule has 1 aromatic heterocycles. The summed E-state index contributed by atoms with van der Waals surface area (Å²) in [5.74, 6) is -0.223. The van der Waals surface area contributed by atoms with Gasteiger partial charge in [-0.1, -0.05) is 31.5 Å². The summed E-state index contributed by atoms with van der Waals surface area (Å²) in [5, 5.41) is 11.2. The van der Waals surface area contributed by atoms with E-state index in [0.29, 0.717) is 36.8 Å². The highest BCUT2D eigenvalue weighted by molar-refractivity contribution is 7.71. The summed E-state index contributed by atoms with van der Waals surface area (Å²) in [6.07, 6.45) is 4.45. The van der Waals surface area contributed by atoms with Gasteiger partial charge in [0.15, 0.2) is 11.1 Å². The van der Waals surface area contributed by atoms with Crippen molar-refractivity contribution in [2.24, 2.45) is 5.41 Å². The lowest BCUT2D eigenvalue weighted by Gasteiger charge is -2.34. The van der Waals surface area contributed by atoms with Crippen LogP contribution >= 0.6 is 23.8 Å². The number of ether oxygens (including phenoxy) is 2. The molecule has 1 aliphatic rings. The summed E-state index contributed by atoms with van der Waals surface area (Å²) in [5.41, 5.74) is 0.322. The molecule has 28 heavy (non-hydrogen) atoms. The Labute approximate surface area is 173 Å². The molecule has 3 rings (SSSR count). The van der Waals surface area contributed by atoms with Crippen molar-refractivity contribution in [3.8, 4) is 11.6 Å². The van der Waals surface area contributed by atoms with E-state index in [1.165, 1.54) is 4.57 Å². The average molecular weight is 423 g/mol. The van der Waals surface area contributed by atoms with Crippen LogP contribution in [0.15, 0.2) is 35.1 Å². The second-order valence-electron chi connectivity index (χ2n) is 7.50. The molecule has 1 aliphatic heterocycles. The zero-order valence-electron chi connectivity index (χ0n) is 15.8. The Balaban J connectivity index is 1.74. The summed E-state index contributed by atoms with van der Waals surface area (Å²) in [4.78, 5) is 14.8. The normalized spacial score (nSPS) is 17.2. The van der Waals surface area contributed by atoms with Crippen molar-refractivity contribution in [3.05, 3.63) is 56.1 Å². The van der Waals surface area contributed by atoms with Crippen LogP contribution in [0.5, 0.6) is 5.88 Å². The summed E-state index contributed by atoms with van der Waals surface area (Å²) in [7, 11) is 0. The van der Waals surface area contributed by atoms with Crippen molar-refractivity contribution in [2.75, 3.05) is 13.2 Å². The quantitative estimate of drug-likeness (QED) is 0.696. The summed E-state index contributed by atoms with van der Waals surface area (Å²) in [6, 6.07) is 6.79. The first-order valence-corrected chi connectivity index (χ1v) is 9.79. The van der Waals surface area contributed by atoms with Crippen molar-refractivity contribution in [2.45, 2.75) is 33.0 Å². The molecule has 0 unspecified atom stereocenters. The Hall–Kier alpha value is -1.93. The Morgan fingerprint density at radius 2 is 1.96 bits per heavy atom. The zero-order valence-corrected chi connectivity index (χ0v) is 17.3. The predicted octanol–water partition coefficient (Wildman–Crippen LogP) is 4.45. The fourth-order valence-corrected chi connectivity index (χ4v) is 3.26. The van der Waals surface area contributed by atoms with Crippen molar-refractivity contribution in [1.29, 1.82) is 0 Å². The monoisotopic (exact) mass is 422 g/mol. The molecule has 2 aromatic rings. The Morgan fingerprint density at radius 3 is 2.61 bits per heavy atom. The molecule has 0 bridgehead atoms. The van der Waals surface area contributed by atoms with Gasteiger partial charge in [0, 0.05) is 16.9 Å². The fraction of sp³-hybridized carbons (Fsp3) is 0.400. The van der Waals surface area contributed by atoms with E-state index in [-0.39, 0.29) is 27.9 Å². The number of H-pyrrole nitrogens is 1. The molecule has 1 aromatic carbocycles. The first kappa shape index (κ1) is 20.8. The predicted molar refractivity (Wildman–Crippen MR) is 112 cm³/mol. The smallest absolute Gasteiger partial charge is 0.262 e. The van der Waals surface area contributed by atoms with Crippen molar-refractivity contribution >= 4 is 29.9 Å². The van der Waals surface area contributed by atoms with Gasteiger partial charge in [-0.15, -0.1) is 0 Å². The van der Waals surface area contributed by atoms with E-state index in [1.54, 1.807) is 30.3 Å².